The van der Waals surface area contributed by atoms with Crippen LogP contribution in [0.4, 0.5) is 5.69 Å². The van der Waals surface area contributed by atoms with Crippen molar-refractivity contribution in [2.45, 2.75) is 18.9 Å². The number of esters is 1. The highest BCUT2D eigenvalue weighted by Crippen LogP contribution is 2.35. The number of ether oxygens (including phenoxy) is 2. The number of piperidine rings is 1. The average Bonchev–Trinajstić information content (AvgIpc) is 2.65. The predicted octanol–water partition coefficient (Wildman–Crippen LogP) is 0.625. The van der Waals surface area contributed by atoms with E-state index in [1.54, 1.807) is 24.3 Å². The molecular weight excluding hydrogens is 360 g/mol. The van der Waals surface area contributed by atoms with E-state index in [1.807, 2.05) is 0 Å². The molecule has 0 N–H and O–H groups in total. The van der Waals surface area contributed by atoms with Crippen LogP contribution in [0.1, 0.15) is 12.8 Å². The average molecular weight is 382 g/mol. The van der Waals surface area contributed by atoms with E-state index < -0.39 is 28.0 Å². The molecule has 0 saturated carbocycles. The molecule has 0 unspecified atom stereocenters. The number of methoxy groups -OCH3 is 1. The molecule has 9 heteroatoms. The van der Waals surface area contributed by atoms with Gasteiger partial charge in [0, 0.05) is 13.1 Å². The molecule has 1 saturated heterocycles. The third-order valence-electron chi connectivity index (χ3n) is 4.71. The van der Waals surface area contributed by atoms with Crippen LogP contribution in [0.25, 0.3) is 0 Å². The number of hydrogen-bond acceptors (Lipinski definition) is 6. The second-order valence-electron chi connectivity index (χ2n) is 6.51. The molecule has 1 aromatic rings. The number of para-hydroxylation sites is 2. The molecule has 1 aromatic carbocycles. The highest BCUT2D eigenvalue weighted by atomic mass is 32.2. The molecule has 2 aliphatic heterocycles. The van der Waals surface area contributed by atoms with Crippen LogP contribution in [0.3, 0.4) is 0 Å². The van der Waals surface area contributed by atoms with Gasteiger partial charge in [-0.05, 0) is 25.0 Å². The Bertz CT molecular complexity index is 809. The standard InChI is InChI=1S/C17H22N2O6S/c1-24-17(21)15-11-19(13-7-3-4-8-14(13)25-15)16(20)12-6-5-9-18(10-12)26(2,22)23/h3-4,7-8,12,15H,5-6,9-11H2,1-2H3/t12-,15-/m0/s1. The van der Waals surface area contributed by atoms with Crippen molar-refractivity contribution >= 4 is 27.6 Å². The summed E-state index contributed by atoms with van der Waals surface area (Å²) in [5, 5.41) is 0. The molecule has 0 aromatic heterocycles. The highest BCUT2D eigenvalue weighted by molar-refractivity contribution is 7.88. The van der Waals surface area contributed by atoms with E-state index in [0.29, 0.717) is 30.8 Å². The van der Waals surface area contributed by atoms with Gasteiger partial charge in [0.15, 0.2) is 0 Å². The summed E-state index contributed by atoms with van der Waals surface area (Å²) in [6.07, 6.45) is 1.47. The van der Waals surface area contributed by atoms with Gasteiger partial charge in [-0.25, -0.2) is 17.5 Å². The largest absolute Gasteiger partial charge is 0.475 e. The van der Waals surface area contributed by atoms with E-state index >= 15 is 0 Å². The van der Waals surface area contributed by atoms with E-state index in [9.17, 15) is 18.0 Å². The second-order valence-corrected chi connectivity index (χ2v) is 8.49. The summed E-state index contributed by atoms with van der Waals surface area (Å²) in [7, 11) is -2.08. The molecule has 2 aliphatic rings. The van der Waals surface area contributed by atoms with Crippen LogP contribution in [0.5, 0.6) is 5.75 Å². The van der Waals surface area contributed by atoms with Crippen LogP contribution >= 0.6 is 0 Å². The molecule has 8 nitrogen and oxygen atoms in total. The van der Waals surface area contributed by atoms with Gasteiger partial charge in [0.1, 0.15) is 5.75 Å². The van der Waals surface area contributed by atoms with E-state index in [1.165, 1.54) is 16.3 Å². The third-order valence-corrected chi connectivity index (χ3v) is 5.98. The highest BCUT2D eigenvalue weighted by Gasteiger charge is 2.39. The fourth-order valence-electron chi connectivity index (χ4n) is 3.36. The van der Waals surface area contributed by atoms with E-state index in [4.69, 9.17) is 9.47 Å². The number of amides is 1. The first-order chi connectivity index (χ1) is 12.3. The molecule has 2 atom stereocenters. The zero-order valence-corrected chi connectivity index (χ0v) is 15.6. The van der Waals surface area contributed by atoms with Crippen molar-refractivity contribution in [2.24, 2.45) is 5.92 Å². The fraction of sp³-hybridized carbons (Fsp3) is 0.529. The van der Waals surface area contributed by atoms with Crippen molar-refractivity contribution in [2.75, 3.05) is 37.9 Å². The predicted molar refractivity (Wildman–Crippen MR) is 94.4 cm³/mol. The number of carbonyl (C=O) groups excluding carboxylic acids is 2. The van der Waals surface area contributed by atoms with Gasteiger partial charge in [-0.1, -0.05) is 12.1 Å². The van der Waals surface area contributed by atoms with Crippen molar-refractivity contribution in [3.8, 4) is 5.75 Å². The lowest BCUT2D eigenvalue weighted by Crippen LogP contribution is -2.52. The lowest BCUT2D eigenvalue weighted by molar-refractivity contribution is -0.148. The van der Waals surface area contributed by atoms with Crippen LogP contribution in [0.2, 0.25) is 0 Å². The first-order valence-corrected chi connectivity index (χ1v) is 10.3. The Morgan fingerprint density at radius 1 is 1.23 bits per heavy atom. The van der Waals surface area contributed by atoms with Gasteiger partial charge in [0.25, 0.3) is 0 Å². The van der Waals surface area contributed by atoms with Crippen molar-refractivity contribution < 1.29 is 27.5 Å². The smallest absolute Gasteiger partial charge is 0.348 e. The van der Waals surface area contributed by atoms with Crippen LogP contribution in [0.15, 0.2) is 24.3 Å². The Kier molecular flexibility index (Phi) is 5.19. The summed E-state index contributed by atoms with van der Waals surface area (Å²) in [5.41, 5.74) is 0.578. The molecule has 0 bridgehead atoms. The first kappa shape index (κ1) is 18.7. The Labute approximate surface area is 152 Å². The van der Waals surface area contributed by atoms with Gasteiger partial charge in [-0.2, -0.15) is 0 Å². The fourth-order valence-corrected chi connectivity index (χ4v) is 4.27. The molecule has 3 rings (SSSR count). The number of nitrogens with zero attached hydrogens (tertiary/aromatic N) is 2. The number of anilines is 1. The lowest BCUT2D eigenvalue weighted by atomic mass is 9.97. The number of hydrogen-bond donors (Lipinski definition) is 0. The Balaban J connectivity index is 1.86. The number of sulfonamides is 1. The van der Waals surface area contributed by atoms with Gasteiger partial charge in [0.05, 0.1) is 31.5 Å². The molecular formula is C17H22N2O6S. The number of benzene rings is 1. The molecule has 26 heavy (non-hydrogen) atoms. The Morgan fingerprint density at radius 2 is 1.96 bits per heavy atom. The molecule has 1 amide bonds. The molecule has 1 fully saturated rings. The molecule has 0 spiro atoms. The summed E-state index contributed by atoms with van der Waals surface area (Å²) in [5.74, 6) is -0.789. The van der Waals surface area contributed by atoms with Crippen molar-refractivity contribution in [1.29, 1.82) is 0 Å². The zero-order valence-electron chi connectivity index (χ0n) is 14.8. The van der Waals surface area contributed by atoms with Gasteiger partial charge in [-0.3, -0.25) is 4.79 Å². The quantitative estimate of drug-likeness (QED) is 0.712. The van der Waals surface area contributed by atoms with E-state index in [-0.39, 0.29) is 19.0 Å². The molecule has 2 heterocycles. The van der Waals surface area contributed by atoms with Crippen molar-refractivity contribution in [3.05, 3.63) is 24.3 Å². The van der Waals surface area contributed by atoms with Gasteiger partial charge >= 0.3 is 5.97 Å². The number of fused-ring (bicyclic) bond motifs is 1. The summed E-state index contributed by atoms with van der Waals surface area (Å²) in [4.78, 5) is 26.6. The minimum absolute atomic E-state index is 0.0396. The van der Waals surface area contributed by atoms with Gasteiger partial charge in [0.2, 0.25) is 22.0 Å². The van der Waals surface area contributed by atoms with Crippen molar-refractivity contribution in [1.82, 2.24) is 4.31 Å². The normalized spacial score (nSPS) is 23.7. The van der Waals surface area contributed by atoms with Crippen LogP contribution in [-0.4, -0.2) is 63.7 Å². The van der Waals surface area contributed by atoms with E-state index in [0.717, 1.165) is 6.26 Å². The maximum Gasteiger partial charge on any atom is 0.348 e. The first-order valence-electron chi connectivity index (χ1n) is 8.41. The van der Waals surface area contributed by atoms with Crippen molar-refractivity contribution in [3.63, 3.8) is 0 Å². The minimum atomic E-state index is -3.35. The van der Waals surface area contributed by atoms with E-state index in [2.05, 4.69) is 0 Å². The summed E-state index contributed by atoms with van der Waals surface area (Å²) < 4.78 is 35.4. The summed E-state index contributed by atoms with van der Waals surface area (Å²) >= 11 is 0. The zero-order chi connectivity index (χ0) is 18.9. The topological polar surface area (TPSA) is 93.2 Å². The van der Waals surface area contributed by atoms with Crippen LogP contribution in [0, 0.1) is 5.92 Å². The SMILES string of the molecule is COC(=O)[C@@H]1CN(C(=O)[C@H]2CCCN(S(C)(=O)=O)C2)c2ccccc2O1. The van der Waals surface area contributed by atoms with Gasteiger partial charge in [-0.15, -0.1) is 0 Å². The van der Waals surface area contributed by atoms with Gasteiger partial charge < -0.3 is 14.4 Å². The Hall–Kier alpha value is -2.13. The molecule has 0 aliphatic carbocycles. The maximum absolute atomic E-state index is 13.1. The lowest BCUT2D eigenvalue weighted by Gasteiger charge is -2.37. The number of rotatable bonds is 3. The number of carbonyl (C=O) groups is 2. The van der Waals surface area contributed by atoms with Crippen LogP contribution in [-0.2, 0) is 24.3 Å². The molecule has 0 radical (unpaired) electrons. The second kappa shape index (κ2) is 7.24. The third kappa shape index (κ3) is 3.68. The Morgan fingerprint density at radius 3 is 2.65 bits per heavy atom. The monoisotopic (exact) mass is 382 g/mol. The summed E-state index contributed by atoms with van der Waals surface area (Å²) in [6, 6.07) is 6.98. The summed E-state index contributed by atoms with van der Waals surface area (Å²) in [6.45, 7) is 0.616. The minimum Gasteiger partial charge on any atom is -0.475 e. The van der Waals surface area contributed by atoms with Crippen LogP contribution < -0.4 is 9.64 Å². The maximum atomic E-state index is 13.1. The molecule has 142 valence electrons.